The van der Waals surface area contributed by atoms with Gasteiger partial charge in [0, 0.05) is 24.0 Å². The first-order chi connectivity index (χ1) is 9.22. The number of hydrogen-bond acceptors (Lipinski definition) is 2. The van der Waals surface area contributed by atoms with Crippen molar-refractivity contribution < 1.29 is 8.78 Å². The van der Waals surface area contributed by atoms with Crippen LogP contribution in [0.4, 0.5) is 8.78 Å². The van der Waals surface area contributed by atoms with E-state index >= 15 is 0 Å². The summed E-state index contributed by atoms with van der Waals surface area (Å²) in [5.41, 5.74) is 1.50. The fourth-order valence-corrected chi connectivity index (χ4v) is 2.11. The van der Waals surface area contributed by atoms with E-state index in [1.807, 2.05) is 12.1 Å². The monoisotopic (exact) mass is 262 g/mol. The average molecular weight is 262 g/mol. The van der Waals surface area contributed by atoms with Gasteiger partial charge in [-0.15, -0.1) is 0 Å². The highest BCUT2D eigenvalue weighted by molar-refractivity contribution is 5.23. The molecule has 0 spiro atoms. The van der Waals surface area contributed by atoms with Crippen LogP contribution in [-0.4, -0.2) is 12.0 Å². The number of nitrogens with one attached hydrogen (secondary N) is 1. The van der Waals surface area contributed by atoms with E-state index in [1.54, 1.807) is 25.5 Å². The fourth-order valence-electron chi connectivity index (χ4n) is 2.11. The van der Waals surface area contributed by atoms with Crippen LogP contribution in [0.15, 0.2) is 42.7 Å². The number of aryl methyl sites for hydroxylation is 1. The Balaban J connectivity index is 2.10. The first kappa shape index (κ1) is 13.6. The van der Waals surface area contributed by atoms with Crippen LogP contribution in [0.3, 0.4) is 0 Å². The second kappa shape index (κ2) is 6.38. The summed E-state index contributed by atoms with van der Waals surface area (Å²) in [6, 6.07) is 7.93. The lowest BCUT2D eigenvalue weighted by Crippen LogP contribution is -2.19. The normalized spacial score (nSPS) is 12.4. The molecule has 1 unspecified atom stereocenters. The Hall–Kier alpha value is -1.81. The highest BCUT2D eigenvalue weighted by atomic mass is 19.2. The van der Waals surface area contributed by atoms with Crippen molar-refractivity contribution in [3.05, 3.63) is 65.5 Å². The first-order valence-corrected chi connectivity index (χ1v) is 6.22. The molecule has 0 saturated heterocycles. The lowest BCUT2D eigenvalue weighted by atomic mass is 9.99. The van der Waals surface area contributed by atoms with Gasteiger partial charge in [-0.25, -0.2) is 8.78 Å². The highest BCUT2D eigenvalue weighted by Gasteiger charge is 2.16. The van der Waals surface area contributed by atoms with Gasteiger partial charge in [0.1, 0.15) is 0 Å². The molecule has 0 aliphatic heterocycles. The Morgan fingerprint density at radius 3 is 2.58 bits per heavy atom. The predicted octanol–water partition coefficient (Wildman–Crippen LogP) is 3.25. The Morgan fingerprint density at radius 2 is 1.89 bits per heavy atom. The van der Waals surface area contributed by atoms with Gasteiger partial charge in [-0.3, -0.25) is 4.98 Å². The molecule has 19 heavy (non-hydrogen) atoms. The van der Waals surface area contributed by atoms with Crippen LogP contribution in [0, 0.1) is 11.6 Å². The van der Waals surface area contributed by atoms with Crippen molar-refractivity contribution >= 4 is 0 Å². The summed E-state index contributed by atoms with van der Waals surface area (Å²) in [6.07, 6.45) is 4.93. The Kier molecular flexibility index (Phi) is 4.58. The van der Waals surface area contributed by atoms with Crippen LogP contribution in [0.2, 0.25) is 0 Å². The number of benzene rings is 1. The van der Waals surface area contributed by atoms with Crippen molar-refractivity contribution in [2.24, 2.45) is 0 Å². The minimum Gasteiger partial charge on any atom is -0.313 e. The Labute approximate surface area is 111 Å². The molecule has 4 heteroatoms. The standard InChI is InChI=1S/C15H16F2N2/c1-18-14(6-5-11-7-9-19-10-8-11)12-3-2-4-13(16)15(12)17/h2-4,7-10,14,18H,5-6H2,1H3. The maximum atomic E-state index is 13.7. The van der Waals surface area contributed by atoms with Gasteiger partial charge in [-0.1, -0.05) is 12.1 Å². The molecular weight excluding hydrogens is 246 g/mol. The highest BCUT2D eigenvalue weighted by Crippen LogP contribution is 2.23. The van der Waals surface area contributed by atoms with E-state index in [9.17, 15) is 8.78 Å². The molecule has 1 N–H and O–H groups in total. The van der Waals surface area contributed by atoms with Gasteiger partial charge in [0.15, 0.2) is 11.6 Å². The van der Waals surface area contributed by atoms with Gasteiger partial charge in [0.25, 0.3) is 0 Å². The van der Waals surface area contributed by atoms with Crippen LogP contribution in [0.5, 0.6) is 0 Å². The molecule has 0 fully saturated rings. The smallest absolute Gasteiger partial charge is 0.163 e. The average Bonchev–Trinajstić information content (AvgIpc) is 2.45. The number of halogens is 2. The first-order valence-electron chi connectivity index (χ1n) is 6.22. The topological polar surface area (TPSA) is 24.9 Å². The van der Waals surface area contributed by atoms with E-state index in [2.05, 4.69) is 10.3 Å². The number of rotatable bonds is 5. The van der Waals surface area contributed by atoms with Gasteiger partial charge < -0.3 is 5.32 Å². The SMILES string of the molecule is CNC(CCc1ccncc1)c1cccc(F)c1F. The van der Waals surface area contributed by atoms with E-state index in [0.717, 1.165) is 18.1 Å². The van der Waals surface area contributed by atoms with Crippen LogP contribution in [-0.2, 0) is 6.42 Å². The lowest BCUT2D eigenvalue weighted by Gasteiger charge is -2.17. The summed E-state index contributed by atoms with van der Waals surface area (Å²) in [6.45, 7) is 0. The van der Waals surface area contributed by atoms with Crippen molar-refractivity contribution in [3.8, 4) is 0 Å². The zero-order valence-electron chi connectivity index (χ0n) is 10.7. The molecule has 0 saturated carbocycles. The van der Waals surface area contributed by atoms with E-state index in [4.69, 9.17) is 0 Å². The molecule has 0 bridgehead atoms. The minimum atomic E-state index is -0.804. The zero-order chi connectivity index (χ0) is 13.7. The second-order valence-electron chi connectivity index (χ2n) is 4.38. The summed E-state index contributed by atoms with van der Waals surface area (Å²) in [7, 11) is 1.75. The van der Waals surface area contributed by atoms with E-state index in [1.165, 1.54) is 6.07 Å². The Morgan fingerprint density at radius 1 is 1.16 bits per heavy atom. The molecule has 1 heterocycles. The van der Waals surface area contributed by atoms with Crippen molar-refractivity contribution in [1.29, 1.82) is 0 Å². The molecule has 2 aromatic rings. The van der Waals surface area contributed by atoms with Crippen LogP contribution in [0.1, 0.15) is 23.6 Å². The number of nitrogens with zero attached hydrogens (tertiary/aromatic N) is 1. The summed E-state index contributed by atoms with van der Waals surface area (Å²) in [4.78, 5) is 3.95. The van der Waals surface area contributed by atoms with Crippen molar-refractivity contribution in [3.63, 3.8) is 0 Å². The molecule has 1 aromatic carbocycles. The number of aromatic nitrogens is 1. The summed E-state index contributed by atoms with van der Waals surface area (Å²) in [5, 5.41) is 3.03. The molecular formula is C15H16F2N2. The van der Waals surface area contributed by atoms with Crippen LogP contribution in [0.25, 0.3) is 0 Å². The third-order valence-corrected chi connectivity index (χ3v) is 3.18. The maximum Gasteiger partial charge on any atom is 0.163 e. The van der Waals surface area contributed by atoms with Crippen molar-refractivity contribution in [2.75, 3.05) is 7.05 Å². The zero-order valence-corrected chi connectivity index (χ0v) is 10.7. The minimum absolute atomic E-state index is 0.205. The van der Waals surface area contributed by atoms with E-state index < -0.39 is 11.6 Å². The van der Waals surface area contributed by atoms with E-state index in [0.29, 0.717) is 12.0 Å². The predicted molar refractivity (Wildman–Crippen MR) is 70.7 cm³/mol. The quantitative estimate of drug-likeness (QED) is 0.894. The van der Waals surface area contributed by atoms with Crippen LogP contribution < -0.4 is 5.32 Å². The third-order valence-electron chi connectivity index (χ3n) is 3.18. The second-order valence-corrected chi connectivity index (χ2v) is 4.38. The molecule has 0 aliphatic rings. The van der Waals surface area contributed by atoms with E-state index in [-0.39, 0.29) is 6.04 Å². The largest absolute Gasteiger partial charge is 0.313 e. The maximum absolute atomic E-state index is 13.7. The molecule has 2 rings (SSSR count). The van der Waals surface area contributed by atoms with Crippen molar-refractivity contribution in [2.45, 2.75) is 18.9 Å². The summed E-state index contributed by atoms with van der Waals surface area (Å²) < 4.78 is 27.0. The van der Waals surface area contributed by atoms with Gasteiger partial charge in [0.2, 0.25) is 0 Å². The third kappa shape index (κ3) is 3.35. The molecule has 0 aliphatic carbocycles. The molecule has 2 nitrogen and oxygen atoms in total. The molecule has 0 radical (unpaired) electrons. The lowest BCUT2D eigenvalue weighted by molar-refractivity contribution is 0.463. The number of pyridine rings is 1. The molecule has 1 atom stereocenters. The number of hydrogen-bond donors (Lipinski definition) is 1. The van der Waals surface area contributed by atoms with Gasteiger partial charge in [-0.2, -0.15) is 0 Å². The summed E-state index contributed by atoms with van der Waals surface area (Å²) >= 11 is 0. The summed E-state index contributed by atoms with van der Waals surface area (Å²) in [5.74, 6) is -1.57. The van der Waals surface area contributed by atoms with Gasteiger partial charge in [-0.05, 0) is 43.7 Å². The Bertz CT molecular complexity index is 529. The van der Waals surface area contributed by atoms with Crippen LogP contribution >= 0.6 is 0 Å². The van der Waals surface area contributed by atoms with Crippen molar-refractivity contribution in [1.82, 2.24) is 10.3 Å². The molecule has 1 aromatic heterocycles. The molecule has 0 amide bonds. The van der Waals surface area contributed by atoms with Gasteiger partial charge in [0.05, 0.1) is 0 Å². The molecule has 100 valence electrons. The van der Waals surface area contributed by atoms with Gasteiger partial charge >= 0.3 is 0 Å². The fraction of sp³-hybridized carbons (Fsp3) is 0.267.